The van der Waals surface area contributed by atoms with Gasteiger partial charge in [-0.1, -0.05) is 54.6 Å². The summed E-state index contributed by atoms with van der Waals surface area (Å²) in [4.78, 5) is 54.4. The Morgan fingerprint density at radius 2 is 1.69 bits per heavy atom. The number of carbonyl (C=O) groups excluding carboxylic acids is 3. The summed E-state index contributed by atoms with van der Waals surface area (Å²) in [6, 6.07) is 14.2. The van der Waals surface area contributed by atoms with E-state index < -0.39 is 16.6 Å². The molecule has 186 valence electrons. The molecule has 1 saturated heterocycles. The highest BCUT2D eigenvalue weighted by Crippen LogP contribution is 2.54. The zero-order valence-corrected chi connectivity index (χ0v) is 21.9. The molecule has 0 bridgehead atoms. The van der Waals surface area contributed by atoms with Gasteiger partial charge in [0.25, 0.3) is 0 Å². The number of nitrogens with one attached hydrogen (secondary N) is 1. The molecule has 2 aliphatic rings. The van der Waals surface area contributed by atoms with E-state index in [1.165, 1.54) is 21.2 Å². The van der Waals surface area contributed by atoms with Gasteiger partial charge in [0.15, 0.2) is 0 Å². The maximum Gasteiger partial charge on any atom is 0.308 e. The largest absolute Gasteiger partial charge is 0.497 e. The number of nitrogens with zero attached hydrogens (tertiary/aromatic N) is 2. The highest BCUT2D eigenvalue weighted by molar-refractivity contribution is 8.00. The molecule has 1 N–H and O–H groups in total. The number of thioether (sulfide) groups is 1. The monoisotopic (exact) mass is 523 g/mol. The number of rotatable bonds is 5. The van der Waals surface area contributed by atoms with Gasteiger partial charge in [-0.15, -0.1) is 0 Å². The van der Waals surface area contributed by atoms with Crippen molar-refractivity contribution in [3.05, 3.63) is 68.6 Å². The third-order valence-corrected chi connectivity index (χ3v) is 9.49. The van der Waals surface area contributed by atoms with Crippen LogP contribution in [0.15, 0.2) is 58.4 Å². The topological polar surface area (TPSA) is 97.7 Å². The van der Waals surface area contributed by atoms with Gasteiger partial charge in [0.05, 0.1) is 23.7 Å². The van der Waals surface area contributed by atoms with Crippen LogP contribution in [0, 0.1) is 12.8 Å². The van der Waals surface area contributed by atoms with Gasteiger partial charge in [-0.3, -0.25) is 23.7 Å². The number of fused-ring (bicyclic) bond motifs is 2. The molecule has 2 aromatic carbocycles. The summed E-state index contributed by atoms with van der Waals surface area (Å²) in [6.45, 7) is 5.56. The van der Waals surface area contributed by atoms with Crippen LogP contribution in [-0.2, 0) is 26.3 Å². The summed E-state index contributed by atoms with van der Waals surface area (Å²) in [5, 5.41) is 2.70. The number of ether oxygens (including phenoxy) is 1. The van der Waals surface area contributed by atoms with Crippen LogP contribution in [0.3, 0.4) is 0 Å². The molecule has 8 nitrogen and oxygen atoms in total. The highest BCUT2D eigenvalue weighted by Gasteiger charge is 2.59. The van der Waals surface area contributed by atoms with Crippen molar-refractivity contribution in [2.45, 2.75) is 43.0 Å². The minimum absolute atomic E-state index is 0.177. The second kappa shape index (κ2) is 8.94. The van der Waals surface area contributed by atoms with Crippen molar-refractivity contribution in [3.8, 4) is 5.75 Å². The number of aryl methyl sites for hydroxylation is 1. The smallest absolute Gasteiger partial charge is 0.308 e. The summed E-state index contributed by atoms with van der Waals surface area (Å²) in [5.74, 6) is -0.954. The lowest BCUT2D eigenvalue weighted by atomic mass is 9.76. The predicted molar refractivity (Wildman–Crippen MR) is 140 cm³/mol. The molecule has 2 atom stereocenters. The fourth-order valence-corrected chi connectivity index (χ4v) is 7.77. The molecule has 3 aromatic rings. The molecular weight excluding hydrogens is 498 g/mol. The molecule has 3 amide bonds. The van der Waals surface area contributed by atoms with Crippen LogP contribution in [0.2, 0.25) is 0 Å². The maximum atomic E-state index is 13.5. The number of benzene rings is 2. The lowest BCUT2D eigenvalue weighted by Crippen LogP contribution is -2.41. The molecule has 0 aliphatic carbocycles. The Bertz CT molecular complexity index is 1420. The quantitative estimate of drug-likeness (QED) is 0.511. The summed E-state index contributed by atoms with van der Waals surface area (Å²) in [6.07, 6.45) is 0. The number of amides is 3. The Kier molecular flexibility index (Phi) is 6.04. The van der Waals surface area contributed by atoms with E-state index in [1.54, 1.807) is 43.5 Å². The van der Waals surface area contributed by atoms with E-state index in [-0.39, 0.29) is 29.1 Å². The van der Waals surface area contributed by atoms with E-state index in [1.807, 2.05) is 32.9 Å². The van der Waals surface area contributed by atoms with E-state index in [9.17, 15) is 19.2 Å². The summed E-state index contributed by atoms with van der Waals surface area (Å²) in [5.41, 5.74) is 1.43. The van der Waals surface area contributed by atoms with E-state index in [0.717, 1.165) is 21.8 Å². The van der Waals surface area contributed by atoms with E-state index in [0.29, 0.717) is 22.2 Å². The molecule has 36 heavy (non-hydrogen) atoms. The van der Waals surface area contributed by atoms with E-state index in [4.69, 9.17) is 4.74 Å². The Hall–Kier alpha value is -3.37. The first-order chi connectivity index (χ1) is 17.1. The third kappa shape index (κ3) is 3.94. The van der Waals surface area contributed by atoms with Crippen molar-refractivity contribution in [3.63, 3.8) is 0 Å². The number of anilines is 2. The predicted octanol–water partition coefficient (Wildman–Crippen LogP) is 3.81. The number of imide groups is 1. The standard InChI is InChI=1S/C26H25N3O5S2/c1-14-5-7-15(8-6-14)27-18(30)13-28-24-21(36-25(28)33)26(2,3)19-20(35-24)23(32)29(22(19)31)16-9-11-17(34-4)12-10-16/h5-12,19-20H,13H2,1-4H3,(H,27,30)/t19-,20+/m1/s1. The second-order valence-corrected chi connectivity index (χ2v) is 11.5. The molecule has 0 unspecified atom stereocenters. The minimum Gasteiger partial charge on any atom is -0.497 e. The SMILES string of the molecule is COc1ccc(N2C(=O)[C@H]3Sc4c(sc(=O)n4CC(=O)Nc4ccc(C)cc4)C(C)(C)[C@H]3C2=O)cc1. The minimum atomic E-state index is -0.762. The van der Waals surface area contributed by atoms with Crippen molar-refractivity contribution >= 4 is 52.2 Å². The van der Waals surface area contributed by atoms with Crippen LogP contribution in [0.1, 0.15) is 24.3 Å². The first-order valence-corrected chi connectivity index (χ1v) is 13.1. The number of thiazole rings is 1. The van der Waals surface area contributed by atoms with E-state index >= 15 is 0 Å². The molecule has 0 saturated carbocycles. The zero-order chi connectivity index (χ0) is 25.8. The normalized spacial score (nSPS) is 20.2. The van der Waals surface area contributed by atoms with E-state index in [2.05, 4.69) is 5.32 Å². The van der Waals surface area contributed by atoms with Crippen LogP contribution >= 0.6 is 23.1 Å². The van der Waals surface area contributed by atoms with Gasteiger partial charge in [-0.2, -0.15) is 0 Å². The van der Waals surface area contributed by atoms with Crippen LogP contribution < -0.4 is 19.8 Å². The fourth-order valence-electron chi connectivity index (χ4n) is 4.73. The number of methoxy groups -OCH3 is 1. The summed E-state index contributed by atoms with van der Waals surface area (Å²) >= 11 is 2.24. The van der Waals surface area contributed by atoms with Crippen molar-refractivity contribution in [2.24, 2.45) is 5.92 Å². The Morgan fingerprint density at radius 3 is 2.33 bits per heavy atom. The van der Waals surface area contributed by atoms with Crippen LogP contribution in [0.25, 0.3) is 0 Å². The summed E-state index contributed by atoms with van der Waals surface area (Å²) in [7, 11) is 1.55. The second-order valence-electron chi connectivity index (χ2n) is 9.45. The van der Waals surface area contributed by atoms with Crippen LogP contribution in [0.4, 0.5) is 11.4 Å². The van der Waals surface area contributed by atoms with Gasteiger partial charge in [0, 0.05) is 16.0 Å². The molecule has 0 spiro atoms. The molecule has 5 rings (SSSR count). The van der Waals surface area contributed by atoms with Gasteiger partial charge in [-0.05, 0) is 43.3 Å². The molecule has 3 heterocycles. The Labute approximate surface area is 216 Å². The third-order valence-electron chi connectivity index (χ3n) is 6.67. The van der Waals surface area contributed by atoms with Crippen LogP contribution in [0.5, 0.6) is 5.75 Å². The Morgan fingerprint density at radius 1 is 1.03 bits per heavy atom. The first kappa shape index (κ1) is 24.3. The number of hydrogen-bond acceptors (Lipinski definition) is 7. The Balaban J connectivity index is 1.45. The van der Waals surface area contributed by atoms with Crippen molar-refractivity contribution in [2.75, 3.05) is 17.3 Å². The molecule has 1 fully saturated rings. The van der Waals surface area contributed by atoms with Gasteiger partial charge in [0.1, 0.15) is 17.5 Å². The van der Waals surface area contributed by atoms with Crippen LogP contribution in [-0.4, -0.2) is 34.6 Å². The zero-order valence-electron chi connectivity index (χ0n) is 20.2. The molecule has 0 radical (unpaired) electrons. The van der Waals surface area contributed by atoms with Gasteiger partial charge in [-0.25, -0.2) is 4.90 Å². The molecule has 2 aliphatic heterocycles. The number of aromatic nitrogens is 1. The molecule has 1 aromatic heterocycles. The lowest BCUT2D eigenvalue weighted by Gasteiger charge is -2.36. The maximum absolute atomic E-state index is 13.5. The first-order valence-electron chi connectivity index (χ1n) is 11.4. The van der Waals surface area contributed by atoms with Gasteiger partial charge in [0.2, 0.25) is 17.7 Å². The van der Waals surface area contributed by atoms with Crippen molar-refractivity contribution in [1.29, 1.82) is 0 Å². The molecule has 10 heteroatoms. The number of carbonyl (C=O) groups is 3. The highest BCUT2D eigenvalue weighted by atomic mass is 32.2. The van der Waals surface area contributed by atoms with Gasteiger partial charge >= 0.3 is 4.87 Å². The lowest BCUT2D eigenvalue weighted by molar-refractivity contribution is -0.123. The summed E-state index contributed by atoms with van der Waals surface area (Å²) < 4.78 is 6.60. The average molecular weight is 524 g/mol. The molecular formula is C26H25N3O5S2. The number of hydrogen-bond donors (Lipinski definition) is 1. The average Bonchev–Trinajstić information content (AvgIpc) is 3.29. The fraction of sp³-hybridized carbons (Fsp3) is 0.308. The van der Waals surface area contributed by atoms with Crippen molar-refractivity contribution in [1.82, 2.24) is 4.57 Å². The van der Waals surface area contributed by atoms with Gasteiger partial charge < -0.3 is 10.1 Å². The van der Waals surface area contributed by atoms with Crippen molar-refractivity contribution < 1.29 is 19.1 Å².